The van der Waals surface area contributed by atoms with Crippen molar-refractivity contribution in [2.75, 3.05) is 24.7 Å². The third-order valence-corrected chi connectivity index (χ3v) is 4.88. The number of sulfone groups is 1. The largest absolute Gasteiger partial charge is 0.376 e. The Morgan fingerprint density at radius 3 is 1.43 bits per heavy atom. The zero-order valence-corrected chi connectivity index (χ0v) is 13.9. The third kappa shape index (κ3) is 7.41. The van der Waals surface area contributed by atoms with E-state index in [0.717, 1.165) is 11.1 Å². The number of rotatable bonds is 10. The molecule has 0 N–H and O–H groups in total. The van der Waals surface area contributed by atoms with Crippen LogP contribution in [0.4, 0.5) is 0 Å². The highest BCUT2D eigenvalue weighted by molar-refractivity contribution is 7.91. The van der Waals surface area contributed by atoms with Gasteiger partial charge in [-0.3, -0.25) is 0 Å². The van der Waals surface area contributed by atoms with Crippen molar-refractivity contribution in [2.45, 2.75) is 13.2 Å². The Balaban J connectivity index is 1.59. The Hall–Kier alpha value is -1.69. The quantitative estimate of drug-likeness (QED) is 0.627. The first-order valence-corrected chi connectivity index (χ1v) is 9.42. The van der Waals surface area contributed by atoms with Crippen LogP contribution in [0.2, 0.25) is 0 Å². The second kappa shape index (κ2) is 9.45. The van der Waals surface area contributed by atoms with Crippen LogP contribution in [0.1, 0.15) is 11.1 Å². The van der Waals surface area contributed by atoms with Crippen LogP contribution in [0.25, 0.3) is 0 Å². The van der Waals surface area contributed by atoms with E-state index in [2.05, 4.69) is 0 Å². The van der Waals surface area contributed by atoms with Crippen LogP contribution in [0.15, 0.2) is 60.7 Å². The van der Waals surface area contributed by atoms with E-state index in [1.807, 2.05) is 60.7 Å². The summed E-state index contributed by atoms with van der Waals surface area (Å²) in [5.74, 6) is 0.0447. The van der Waals surface area contributed by atoms with Crippen LogP contribution in [-0.2, 0) is 32.5 Å². The van der Waals surface area contributed by atoms with Gasteiger partial charge in [-0.1, -0.05) is 60.7 Å². The van der Waals surface area contributed by atoms with Gasteiger partial charge in [0.2, 0.25) is 0 Å². The topological polar surface area (TPSA) is 52.6 Å². The second-order valence-corrected chi connectivity index (χ2v) is 7.53. The van der Waals surface area contributed by atoms with E-state index >= 15 is 0 Å². The molecule has 0 bridgehead atoms. The maximum atomic E-state index is 11.9. The molecule has 0 radical (unpaired) electrons. The maximum absolute atomic E-state index is 11.9. The highest BCUT2D eigenvalue weighted by Crippen LogP contribution is 2.02. The number of benzene rings is 2. The minimum absolute atomic E-state index is 0.0224. The smallest absolute Gasteiger partial charge is 0.154 e. The lowest BCUT2D eigenvalue weighted by Crippen LogP contribution is -2.19. The van der Waals surface area contributed by atoms with Gasteiger partial charge in [-0.25, -0.2) is 8.42 Å². The summed E-state index contributed by atoms with van der Waals surface area (Å²) in [5, 5.41) is 0. The van der Waals surface area contributed by atoms with Crippen LogP contribution in [0.3, 0.4) is 0 Å². The Morgan fingerprint density at radius 1 is 0.652 bits per heavy atom. The van der Waals surface area contributed by atoms with E-state index in [9.17, 15) is 8.42 Å². The molecule has 0 aliphatic heterocycles. The predicted molar refractivity (Wildman–Crippen MR) is 90.8 cm³/mol. The number of hydrogen-bond acceptors (Lipinski definition) is 4. The zero-order valence-electron chi connectivity index (χ0n) is 13.1. The van der Waals surface area contributed by atoms with Gasteiger partial charge in [-0.15, -0.1) is 0 Å². The molecule has 0 aliphatic carbocycles. The summed E-state index contributed by atoms with van der Waals surface area (Å²) >= 11 is 0. The Labute approximate surface area is 138 Å². The normalized spacial score (nSPS) is 11.5. The second-order valence-electron chi connectivity index (χ2n) is 5.23. The molecule has 0 saturated heterocycles. The molecule has 0 aliphatic rings. The van der Waals surface area contributed by atoms with E-state index in [1.165, 1.54) is 0 Å². The molecule has 4 nitrogen and oxygen atoms in total. The molecule has 2 rings (SSSR count). The van der Waals surface area contributed by atoms with Crippen molar-refractivity contribution in [1.29, 1.82) is 0 Å². The Kier molecular flexibility index (Phi) is 7.26. The van der Waals surface area contributed by atoms with E-state index in [4.69, 9.17) is 9.47 Å². The molecule has 0 heterocycles. The Morgan fingerprint density at radius 2 is 1.04 bits per heavy atom. The average Bonchev–Trinajstić information content (AvgIpc) is 2.58. The van der Waals surface area contributed by atoms with Crippen LogP contribution < -0.4 is 0 Å². The van der Waals surface area contributed by atoms with E-state index in [1.54, 1.807) is 0 Å². The molecule has 0 aromatic heterocycles. The van der Waals surface area contributed by atoms with Gasteiger partial charge in [0.05, 0.1) is 37.9 Å². The van der Waals surface area contributed by atoms with Crippen molar-refractivity contribution in [1.82, 2.24) is 0 Å². The Bertz CT molecular complexity index is 600. The summed E-state index contributed by atoms with van der Waals surface area (Å²) in [4.78, 5) is 0. The van der Waals surface area contributed by atoms with Gasteiger partial charge in [-0.05, 0) is 11.1 Å². The van der Waals surface area contributed by atoms with Crippen LogP contribution in [0.5, 0.6) is 0 Å². The molecule has 2 aromatic carbocycles. The molecule has 0 unspecified atom stereocenters. The summed E-state index contributed by atoms with van der Waals surface area (Å²) in [5.41, 5.74) is 2.08. The van der Waals surface area contributed by atoms with Crippen molar-refractivity contribution >= 4 is 9.84 Å². The molecule has 0 spiro atoms. The van der Waals surface area contributed by atoms with Gasteiger partial charge in [-0.2, -0.15) is 0 Å². The summed E-state index contributed by atoms with van der Waals surface area (Å²) in [7, 11) is -3.14. The summed E-state index contributed by atoms with van der Waals surface area (Å²) in [6, 6.07) is 19.4. The molecule has 0 atom stereocenters. The van der Waals surface area contributed by atoms with Crippen molar-refractivity contribution < 1.29 is 17.9 Å². The fraction of sp³-hybridized carbons (Fsp3) is 0.333. The molecule has 0 saturated carbocycles. The molecule has 2 aromatic rings. The fourth-order valence-electron chi connectivity index (χ4n) is 2.00. The summed E-state index contributed by atoms with van der Waals surface area (Å²) < 4.78 is 34.6. The van der Waals surface area contributed by atoms with Gasteiger partial charge >= 0.3 is 0 Å². The van der Waals surface area contributed by atoms with Crippen molar-refractivity contribution in [3.05, 3.63) is 71.8 Å². The van der Waals surface area contributed by atoms with Crippen molar-refractivity contribution in [3.8, 4) is 0 Å². The monoisotopic (exact) mass is 334 g/mol. The first kappa shape index (κ1) is 17.7. The lowest BCUT2D eigenvalue weighted by molar-refractivity contribution is 0.131. The number of hydrogen-bond donors (Lipinski definition) is 0. The van der Waals surface area contributed by atoms with Gasteiger partial charge in [0.1, 0.15) is 0 Å². The minimum Gasteiger partial charge on any atom is -0.376 e. The highest BCUT2D eigenvalue weighted by atomic mass is 32.2. The zero-order chi connectivity index (χ0) is 16.4. The van der Waals surface area contributed by atoms with Crippen molar-refractivity contribution in [2.24, 2.45) is 0 Å². The lowest BCUT2D eigenvalue weighted by Gasteiger charge is -2.07. The predicted octanol–water partition coefficient (Wildman–Crippen LogP) is 2.83. The van der Waals surface area contributed by atoms with Crippen molar-refractivity contribution in [3.63, 3.8) is 0 Å². The van der Waals surface area contributed by atoms with Gasteiger partial charge in [0.15, 0.2) is 9.84 Å². The molecule has 124 valence electrons. The van der Waals surface area contributed by atoms with E-state index in [-0.39, 0.29) is 24.7 Å². The molecular weight excluding hydrogens is 312 g/mol. The van der Waals surface area contributed by atoms with E-state index < -0.39 is 9.84 Å². The SMILES string of the molecule is O=S(=O)(CCOCc1ccccc1)CCOCc1ccccc1. The molecule has 5 heteroatoms. The van der Waals surface area contributed by atoms with Crippen LogP contribution in [0, 0.1) is 0 Å². The van der Waals surface area contributed by atoms with Gasteiger partial charge < -0.3 is 9.47 Å². The lowest BCUT2D eigenvalue weighted by atomic mass is 10.2. The minimum atomic E-state index is -3.14. The standard InChI is InChI=1S/C18H22O4S/c19-23(20,13-11-21-15-17-7-3-1-4-8-17)14-12-22-16-18-9-5-2-6-10-18/h1-10H,11-16H2. The molecule has 23 heavy (non-hydrogen) atoms. The first-order valence-electron chi connectivity index (χ1n) is 7.59. The number of ether oxygens (including phenoxy) is 2. The summed E-state index contributed by atoms with van der Waals surface area (Å²) in [6.45, 7) is 1.27. The third-order valence-electron chi connectivity index (χ3n) is 3.30. The highest BCUT2D eigenvalue weighted by Gasteiger charge is 2.10. The van der Waals surface area contributed by atoms with Crippen LogP contribution >= 0.6 is 0 Å². The molecular formula is C18H22O4S. The van der Waals surface area contributed by atoms with E-state index in [0.29, 0.717) is 13.2 Å². The van der Waals surface area contributed by atoms with Gasteiger partial charge in [0, 0.05) is 0 Å². The maximum Gasteiger partial charge on any atom is 0.154 e. The average molecular weight is 334 g/mol. The molecule has 0 fully saturated rings. The van der Waals surface area contributed by atoms with Crippen LogP contribution in [-0.4, -0.2) is 33.1 Å². The summed E-state index contributed by atoms with van der Waals surface area (Å²) in [6.07, 6.45) is 0. The first-order chi connectivity index (χ1) is 11.2. The van der Waals surface area contributed by atoms with Gasteiger partial charge in [0.25, 0.3) is 0 Å². The fourth-order valence-corrected chi connectivity index (χ4v) is 2.95. The molecule has 0 amide bonds.